The highest BCUT2D eigenvalue weighted by Gasteiger charge is 2.39. The maximum Gasteiger partial charge on any atom is 0.228 e. The Hall–Kier alpha value is -1.19. The summed E-state index contributed by atoms with van der Waals surface area (Å²) in [6.45, 7) is 8.97. The van der Waals surface area contributed by atoms with E-state index in [4.69, 9.17) is 5.41 Å². The number of rotatable bonds is 3. The highest BCUT2D eigenvalue weighted by Crippen LogP contribution is 2.33. The zero-order chi connectivity index (χ0) is 15.6. The molecule has 1 N–H and O–H groups in total. The molecule has 2 rings (SSSR count). The molecule has 1 heterocycles. The second-order valence-corrected chi connectivity index (χ2v) is 7.71. The number of hydrogen-bond acceptors (Lipinski definition) is 3. The molecule has 1 saturated carbocycles. The van der Waals surface area contributed by atoms with Gasteiger partial charge in [0.15, 0.2) is 0 Å². The van der Waals surface area contributed by atoms with Crippen LogP contribution in [0.5, 0.6) is 0 Å². The molecule has 0 bridgehead atoms. The summed E-state index contributed by atoms with van der Waals surface area (Å²) in [6.07, 6.45) is 6.73. The van der Waals surface area contributed by atoms with Crippen LogP contribution in [0.1, 0.15) is 59.8 Å². The molecule has 1 unspecified atom stereocenters. The Balaban J connectivity index is 2.15. The van der Waals surface area contributed by atoms with E-state index >= 15 is 0 Å². The lowest BCUT2D eigenvalue weighted by atomic mass is 9.84. The van der Waals surface area contributed by atoms with Crippen molar-refractivity contribution in [2.75, 3.05) is 6.54 Å². The summed E-state index contributed by atoms with van der Waals surface area (Å²) in [7, 11) is 0. The van der Waals surface area contributed by atoms with Gasteiger partial charge in [-0.3, -0.25) is 9.79 Å². The quantitative estimate of drug-likeness (QED) is 0.797. The molecule has 1 amide bonds. The highest BCUT2D eigenvalue weighted by molar-refractivity contribution is 6.30. The second kappa shape index (κ2) is 6.29. The van der Waals surface area contributed by atoms with E-state index in [1.807, 2.05) is 20.8 Å². The summed E-state index contributed by atoms with van der Waals surface area (Å²) in [6, 6.07) is 0.518. The fourth-order valence-electron chi connectivity index (χ4n) is 3.42. The van der Waals surface area contributed by atoms with Crippen molar-refractivity contribution in [1.82, 2.24) is 4.90 Å². The van der Waals surface area contributed by atoms with Crippen molar-refractivity contribution in [3.63, 3.8) is 0 Å². The van der Waals surface area contributed by atoms with Crippen LogP contribution in [-0.4, -0.2) is 41.4 Å². The van der Waals surface area contributed by atoms with E-state index in [0.717, 1.165) is 30.9 Å². The van der Waals surface area contributed by atoms with E-state index in [1.165, 1.54) is 19.1 Å². The minimum atomic E-state index is -0.351. The predicted molar refractivity (Wildman–Crippen MR) is 87.2 cm³/mol. The number of carbonyl (C=O) groups excluding carboxylic acids is 1. The van der Waals surface area contributed by atoms with Crippen LogP contribution in [0, 0.1) is 16.7 Å². The van der Waals surface area contributed by atoms with E-state index in [9.17, 15) is 4.79 Å². The van der Waals surface area contributed by atoms with Crippen molar-refractivity contribution < 1.29 is 4.79 Å². The van der Waals surface area contributed by atoms with Gasteiger partial charge in [-0.2, -0.15) is 0 Å². The van der Waals surface area contributed by atoms with Gasteiger partial charge in [0.05, 0.1) is 18.3 Å². The standard InChI is InChI=1S/C17H29N3O/c1-12-5-7-14(8-6-12)20(16(21)17(2,3)4)15-9-13(10-18)19-11-15/h10,12,14-15,18H,5-9,11H2,1-4H3. The number of amides is 1. The molecule has 1 aliphatic heterocycles. The van der Waals surface area contributed by atoms with Crippen LogP contribution in [0.3, 0.4) is 0 Å². The van der Waals surface area contributed by atoms with Gasteiger partial charge in [0.2, 0.25) is 5.91 Å². The molecule has 1 aliphatic carbocycles. The third-order valence-corrected chi connectivity index (χ3v) is 4.76. The molecule has 21 heavy (non-hydrogen) atoms. The Bertz CT molecular complexity index is 428. The molecular weight excluding hydrogens is 262 g/mol. The van der Waals surface area contributed by atoms with E-state index < -0.39 is 0 Å². The second-order valence-electron chi connectivity index (χ2n) is 7.71. The smallest absolute Gasteiger partial charge is 0.228 e. The average molecular weight is 291 g/mol. The van der Waals surface area contributed by atoms with E-state index in [0.29, 0.717) is 12.6 Å². The van der Waals surface area contributed by atoms with Crippen molar-refractivity contribution in [3.8, 4) is 0 Å². The number of nitrogens with zero attached hydrogens (tertiary/aromatic N) is 2. The molecule has 0 aromatic carbocycles. The zero-order valence-corrected chi connectivity index (χ0v) is 13.9. The molecule has 0 spiro atoms. The SMILES string of the molecule is CC1CCC(N(C(=O)C(C)(C)C)C2CN=C(C=N)C2)CC1. The van der Waals surface area contributed by atoms with Crippen LogP contribution < -0.4 is 0 Å². The Labute approximate surface area is 128 Å². The van der Waals surface area contributed by atoms with Gasteiger partial charge in [0.25, 0.3) is 0 Å². The molecular formula is C17H29N3O. The summed E-state index contributed by atoms with van der Waals surface area (Å²) >= 11 is 0. The van der Waals surface area contributed by atoms with Gasteiger partial charge in [-0.25, -0.2) is 0 Å². The Kier molecular flexibility index (Phi) is 4.84. The van der Waals surface area contributed by atoms with Gasteiger partial charge in [-0.15, -0.1) is 0 Å². The van der Waals surface area contributed by atoms with Crippen molar-refractivity contribution in [1.29, 1.82) is 5.41 Å². The van der Waals surface area contributed by atoms with Gasteiger partial charge < -0.3 is 10.3 Å². The molecule has 4 heteroatoms. The molecule has 0 aromatic rings. The van der Waals surface area contributed by atoms with Crippen LogP contribution in [0.2, 0.25) is 0 Å². The van der Waals surface area contributed by atoms with Crippen molar-refractivity contribution in [3.05, 3.63) is 0 Å². The lowest BCUT2D eigenvalue weighted by Crippen LogP contribution is -2.53. The van der Waals surface area contributed by atoms with Gasteiger partial charge in [-0.05, 0) is 31.6 Å². The number of hydrogen-bond donors (Lipinski definition) is 1. The van der Waals surface area contributed by atoms with Crippen LogP contribution in [-0.2, 0) is 4.79 Å². The molecule has 0 saturated heterocycles. The number of carbonyl (C=O) groups is 1. The molecule has 1 atom stereocenters. The monoisotopic (exact) mass is 291 g/mol. The highest BCUT2D eigenvalue weighted by atomic mass is 16.2. The van der Waals surface area contributed by atoms with Crippen LogP contribution in [0.25, 0.3) is 0 Å². The van der Waals surface area contributed by atoms with Crippen LogP contribution in [0.15, 0.2) is 4.99 Å². The maximum absolute atomic E-state index is 12.9. The molecule has 0 aromatic heterocycles. The first-order valence-electron chi connectivity index (χ1n) is 8.19. The lowest BCUT2D eigenvalue weighted by Gasteiger charge is -2.42. The Morgan fingerprint density at radius 1 is 1.24 bits per heavy atom. The predicted octanol–water partition coefficient (Wildman–Crippen LogP) is 3.30. The van der Waals surface area contributed by atoms with Gasteiger partial charge in [-0.1, -0.05) is 27.7 Å². The van der Waals surface area contributed by atoms with Gasteiger partial charge in [0, 0.05) is 24.1 Å². The molecule has 1 fully saturated rings. The van der Waals surface area contributed by atoms with Crippen LogP contribution in [0.4, 0.5) is 0 Å². The van der Waals surface area contributed by atoms with Crippen molar-refractivity contribution in [2.24, 2.45) is 16.3 Å². The average Bonchev–Trinajstić information content (AvgIpc) is 2.89. The summed E-state index contributed by atoms with van der Waals surface area (Å²) in [5, 5.41) is 7.37. The summed E-state index contributed by atoms with van der Waals surface area (Å²) in [5.74, 6) is 1.03. The molecule has 2 aliphatic rings. The maximum atomic E-state index is 12.9. The van der Waals surface area contributed by atoms with E-state index in [-0.39, 0.29) is 17.4 Å². The summed E-state index contributed by atoms with van der Waals surface area (Å²) < 4.78 is 0. The third-order valence-electron chi connectivity index (χ3n) is 4.76. The fraction of sp³-hybridized carbons (Fsp3) is 0.824. The van der Waals surface area contributed by atoms with Gasteiger partial charge in [0.1, 0.15) is 0 Å². The van der Waals surface area contributed by atoms with Gasteiger partial charge >= 0.3 is 0 Å². The normalized spacial score (nSPS) is 29.9. The first-order chi connectivity index (χ1) is 9.82. The Morgan fingerprint density at radius 3 is 2.33 bits per heavy atom. The first kappa shape index (κ1) is 16.2. The molecule has 0 radical (unpaired) electrons. The topological polar surface area (TPSA) is 56.5 Å². The zero-order valence-electron chi connectivity index (χ0n) is 13.9. The minimum Gasteiger partial charge on any atom is -0.334 e. The Morgan fingerprint density at radius 2 is 1.86 bits per heavy atom. The van der Waals surface area contributed by atoms with Crippen LogP contribution >= 0.6 is 0 Å². The summed E-state index contributed by atoms with van der Waals surface area (Å²) in [5.41, 5.74) is 0.479. The first-order valence-corrected chi connectivity index (χ1v) is 8.19. The fourth-order valence-corrected chi connectivity index (χ4v) is 3.42. The number of aliphatic imine (C=N–C) groups is 1. The lowest BCUT2D eigenvalue weighted by molar-refractivity contribution is -0.145. The van der Waals surface area contributed by atoms with E-state index in [2.05, 4.69) is 16.8 Å². The van der Waals surface area contributed by atoms with Crippen molar-refractivity contribution in [2.45, 2.75) is 71.9 Å². The molecule has 4 nitrogen and oxygen atoms in total. The molecule has 118 valence electrons. The number of nitrogens with one attached hydrogen (secondary N) is 1. The van der Waals surface area contributed by atoms with E-state index in [1.54, 1.807) is 0 Å². The largest absolute Gasteiger partial charge is 0.334 e. The minimum absolute atomic E-state index is 0.159. The third kappa shape index (κ3) is 3.72. The summed E-state index contributed by atoms with van der Waals surface area (Å²) in [4.78, 5) is 19.5. The van der Waals surface area contributed by atoms with Crippen molar-refractivity contribution >= 4 is 17.8 Å².